The smallest absolute Gasteiger partial charge is 0.0788 e. The number of nitrogens with zero attached hydrogens (tertiary/aromatic N) is 2. The second kappa shape index (κ2) is 15.0. The van der Waals surface area contributed by atoms with Crippen LogP contribution in [0.2, 0.25) is 0 Å². The molecule has 0 N–H and O–H groups in total. The lowest BCUT2D eigenvalue weighted by Gasteiger charge is -2.34. The first-order valence-electron chi connectivity index (χ1n) is 22.3. The Balaban J connectivity index is 0.949. The minimum absolute atomic E-state index is 0.485. The summed E-state index contributed by atoms with van der Waals surface area (Å²) in [5, 5.41) is 6.12. The monoisotopic (exact) mass is 844 g/mol. The van der Waals surface area contributed by atoms with Gasteiger partial charge < -0.3 is 4.90 Å². The highest BCUT2D eigenvalue weighted by Gasteiger charge is 2.46. The molecule has 0 saturated carbocycles. The van der Waals surface area contributed by atoms with E-state index in [2.05, 4.69) is 248 Å². The summed E-state index contributed by atoms with van der Waals surface area (Å²) >= 11 is 1.85. The molecule has 2 nitrogen and oxygen atoms in total. The van der Waals surface area contributed by atoms with Crippen LogP contribution >= 0.6 is 11.3 Å². The van der Waals surface area contributed by atoms with Crippen LogP contribution in [-0.2, 0) is 5.41 Å². The van der Waals surface area contributed by atoms with Crippen LogP contribution in [-0.4, -0.2) is 4.98 Å². The van der Waals surface area contributed by atoms with Gasteiger partial charge in [-0.25, -0.2) is 4.98 Å². The maximum atomic E-state index is 5.48. The Morgan fingerprint density at radius 1 is 0.338 bits per heavy atom. The van der Waals surface area contributed by atoms with Crippen LogP contribution in [0.5, 0.6) is 0 Å². The molecule has 1 aliphatic carbocycles. The molecule has 0 aliphatic heterocycles. The van der Waals surface area contributed by atoms with E-state index in [0.717, 1.165) is 55.7 Å². The number of aromatic nitrogens is 1. The van der Waals surface area contributed by atoms with Gasteiger partial charge in [0.2, 0.25) is 0 Å². The molecular formula is C62H40N2S. The standard InChI is InChI=1S/C62H40N2S/c1-4-19-44(20-5-1)62(45-21-6-2-7-22-45)56-28-13-10-25-49(56)54-39-55-53(40-57(54)62)50-26-11-14-29-58(50)63-61(55)43-18-16-17-42(37-43)41-31-33-47(34-32-41)64(46-23-8-3-9-24-46)48-35-36-52-51-27-12-15-30-59(51)65-60(52)38-48/h1-40H. The van der Waals surface area contributed by atoms with Crippen molar-refractivity contribution in [1.29, 1.82) is 0 Å². The zero-order valence-corrected chi connectivity index (χ0v) is 36.2. The van der Waals surface area contributed by atoms with Crippen molar-refractivity contribution < 1.29 is 0 Å². The van der Waals surface area contributed by atoms with Gasteiger partial charge in [0, 0.05) is 53.6 Å². The van der Waals surface area contributed by atoms with Gasteiger partial charge in [-0.15, -0.1) is 11.3 Å². The summed E-state index contributed by atoms with van der Waals surface area (Å²) < 4.78 is 2.60. The van der Waals surface area contributed by atoms with Gasteiger partial charge in [-0.3, -0.25) is 0 Å². The van der Waals surface area contributed by atoms with Gasteiger partial charge in [0.15, 0.2) is 0 Å². The van der Waals surface area contributed by atoms with E-state index in [1.807, 2.05) is 11.3 Å². The van der Waals surface area contributed by atoms with Crippen molar-refractivity contribution in [3.8, 4) is 33.5 Å². The summed E-state index contributed by atoms with van der Waals surface area (Å²) in [4.78, 5) is 7.83. The van der Waals surface area contributed by atoms with E-state index in [1.54, 1.807) is 0 Å². The Kier molecular flexibility index (Phi) is 8.65. The van der Waals surface area contributed by atoms with E-state index in [-0.39, 0.29) is 0 Å². The molecule has 0 amide bonds. The van der Waals surface area contributed by atoms with Crippen LogP contribution in [0.3, 0.4) is 0 Å². The number of pyridine rings is 1. The third-order valence-electron chi connectivity index (χ3n) is 13.5. The second-order valence-corrected chi connectivity index (χ2v) is 18.1. The molecule has 2 heterocycles. The van der Waals surface area contributed by atoms with E-state index >= 15 is 0 Å². The maximum absolute atomic E-state index is 5.48. The molecule has 0 bridgehead atoms. The highest BCUT2D eigenvalue weighted by Crippen LogP contribution is 2.57. The Morgan fingerprint density at radius 2 is 0.954 bits per heavy atom. The van der Waals surface area contributed by atoms with E-state index in [1.165, 1.54) is 58.9 Å². The Bertz CT molecular complexity index is 3720. The molecular weight excluding hydrogens is 805 g/mol. The van der Waals surface area contributed by atoms with Gasteiger partial charge in [0.25, 0.3) is 0 Å². The first kappa shape index (κ1) is 37.4. The quantitative estimate of drug-likeness (QED) is 0.149. The van der Waals surface area contributed by atoms with Crippen molar-refractivity contribution in [3.05, 3.63) is 265 Å². The number of hydrogen-bond donors (Lipinski definition) is 0. The molecule has 0 atom stereocenters. The highest BCUT2D eigenvalue weighted by atomic mass is 32.1. The molecule has 0 radical (unpaired) electrons. The van der Waals surface area contributed by atoms with E-state index < -0.39 is 5.41 Å². The molecule has 3 heteroatoms. The van der Waals surface area contributed by atoms with E-state index in [4.69, 9.17) is 4.98 Å². The van der Waals surface area contributed by atoms with Crippen LogP contribution in [0.15, 0.2) is 243 Å². The number of rotatable bonds is 7. The summed E-state index contributed by atoms with van der Waals surface area (Å²) in [5.41, 5.74) is 15.9. The first-order valence-corrected chi connectivity index (χ1v) is 23.1. The third-order valence-corrected chi connectivity index (χ3v) is 14.6. The number of benzene rings is 10. The average molecular weight is 845 g/mol. The van der Waals surface area contributed by atoms with Crippen molar-refractivity contribution in [1.82, 2.24) is 4.98 Å². The van der Waals surface area contributed by atoms with Gasteiger partial charge in [-0.1, -0.05) is 176 Å². The van der Waals surface area contributed by atoms with Crippen LogP contribution in [0.25, 0.3) is 75.4 Å². The van der Waals surface area contributed by atoms with Crippen molar-refractivity contribution >= 4 is 70.2 Å². The molecule has 2 aromatic heterocycles. The Labute approximate surface area is 382 Å². The molecule has 65 heavy (non-hydrogen) atoms. The fourth-order valence-corrected chi connectivity index (χ4v) is 11.8. The van der Waals surface area contributed by atoms with Crippen LogP contribution < -0.4 is 4.90 Å². The molecule has 304 valence electrons. The van der Waals surface area contributed by atoms with Gasteiger partial charge >= 0.3 is 0 Å². The van der Waals surface area contributed by atoms with Gasteiger partial charge in [0.1, 0.15) is 0 Å². The van der Waals surface area contributed by atoms with Crippen molar-refractivity contribution in [2.24, 2.45) is 0 Å². The number of anilines is 3. The number of fused-ring (bicyclic) bond motifs is 9. The Hall–Kier alpha value is -8.11. The first-order chi connectivity index (χ1) is 32.2. The number of thiophene rings is 1. The van der Waals surface area contributed by atoms with Crippen molar-refractivity contribution in [2.75, 3.05) is 4.90 Å². The molecule has 0 saturated heterocycles. The minimum Gasteiger partial charge on any atom is -0.310 e. The molecule has 0 unspecified atom stereocenters. The van der Waals surface area contributed by atoms with Crippen LogP contribution in [0.4, 0.5) is 17.1 Å². The van der Waals surface area contributed by atoms with E-state index in [9.17, 15) is 0 Å². The average Bonchev–Trinajstić information content (AvgIpc) is 3.90. The molecule has 0 spiro atoms. The van der Waals surface area contributed by atoms with Gasteiger partial charge in [0.05, 0.1) is 16.6 Å². The summed E-state index contributed by atoms with van der Waals surface area (Å²) in [7, 11) is 0. The molecule has 10 aromatic carbocycles. The van der Waals surface area contributed by atoms with Gasteiger partial charge in [-0.2, -0.15) is 0 Å². The summed E-state index contributed by atoms with van der Waals surface area (Å²) in [6, 6.07) is 88.8. The normalized spacial score (nSPS) is 12.7. The predicted molar refractivity (Wildman–Crippen MR) is 275 cm³/mol. The summed E-state index contributed by atoms with van der Waals surface area (Å²) in [5.74, 6) is 0. The zero-order chi connectivity index (χ0) is 42.9. The van der Waals surface area contributed by atoms with Crippen molar-refractivity contribution in [2.45, 2.75) is 5.41 Å². The molecule has 13 rings (SSSR count). The number of hydrogen-bond acceptors (Lipinski definition) is 3. The SMILES string of the molecule is c1ccc(N(c2ccc(-c3cccc(-c4nc5ccccc5c5cc6c(cc45)-c4ccccc4C6(c4ccccc4)c4ccccc4)c3)cc2)c2ccc3c(c2)sc2ccccc23)cc1. The molecule has 12 aromatic rings. The maximum Gasteiger partial charge on any atom is 0.0788 e. The topological polar surface area (TPSA) is 16.1 Å². The van der Waals surface area contributed by atoms with E-state index in [0.29, 0.717) is 0 Å². The third kappa shape index (κ3) is 5.90. The van der Waals surface area contributed by atoms with Crippen molar-refractivity contribution in [3.63, 3.8) is 0 Å². The van der Waals surface area contributed by atoms with Gasteiger partial charge in [-0.05, 0) is 117 Å². The highest BCUT2D eigenvalue weighted by molar-refractivity contribution is 7.25. The fourth-order valence-electron chi connectivity index (χ4n) is 10.6. The number of para-hydroxylation sites is 2. The minimum atomic E-state index is -0.485. The lowest BCUT2D eigenvalue weighted by molar-refractivity contribution is 0.769. The predicted octanol–water partition coefficient (Wildman–Crippen LogP) is 16.9. The molecule has 0 fully saturated rings. The largest absolute Gasteiger partial charge is 0.310 e. The van der Waals surface area contributed by atoms with Crippen LogP contribution in [0, 0.1) is 0 Å². The lowest BCUT2D eigenvalue weighted by Crippen LogP contribution is -2.28. The summed E-state index contributed by atoms with van der Waals surface area (Å²) in [6.45, 7) is 0. The fraction of sp³-hybridized carbons (Fsp3) is 0.0161. The Morgan fingerprint density at radius 3 is 1.74 bits per heavy atom. The lowest BCUT2D eigenvalue weighted by atomic mass is 9.67. The second-order valence-electron chi connectivity index (χ2n) is 17.0. The molecule has 1 aliphatic rings. The zero-order valence-electron chi connectivity index (χ0n) is 35.4. The summed E-state index contributed by atoms with van der Waals surface area (Å²) in [6.07, 6.45) is 0. The van der Waals surface area contributed by atoms with Crippen LogP contribution in [0.1, 0.15) is 22.3 Å².